The maximum atomic E-state index is 11.6. The van der Waals surface area contributed by atoms with Crippen LogP contribution >= 0.6 is 0 Å². The molecule has 0 unspecified atom stereocenters. The van der Waals surface area contributed by atoms with E-state index >= 15 is 0 Å². The van der Waals surface area contributed by atoms with Crippen molar-refractivity contribution < 1.29 is 26.2 Å². The van der Waals surface area contributed by atoms with Gasteiger partial charge in [-0.2, -0.15) is 0 Å². The summed E-state index contributed by atoms with van der Waals surface area (Å²) in [5.41, 5.74) is 19.0. The van der Waals surface area contributed by atoms with E-state index < -0.39 is 0 Å². The van der Waals surface area contributed by atoms with E-state index in [0.29, 0.717) is 11.4 Å². The second kappa shape index (κ2) is 19.0. The normalized spacial score (nSPS) is 11.3. The van der Waals surface area contributed by atoms with E-state index in [1.807, 2.05) is 36.5 Å². The zero-order valence-electron chi connectivity index (χ0n) is 38.5. The van der Waals surface area contributed by atoms with E-state index in [2.05, 4.69) is 219 Å². The van der Waals surface area contributed by atoms with E-state index in [4.69, 9.17) is 9.97 Å². The van der Waals surface area contributed by atoms with Gasteiger partial charge in [0.1, 0.15) is 11.6 Å². The second-order valence-electron chi connectivity index (χ2n) is 18.3. The van der Waals surface area contributed by atoms with Gasteiger partial charge in [0.2, 0.25) is 0 Å². The average Bonchev–Trinajstić information content (AvgIpc) is 3.78. The van der Waals surface area contributed by atoms with Crippen LogP contribution < -0.4 is 0 Å². The molecular formula is C64H48N3OPt-. The molecular weight excluding hydrogens is 1020 g/mol. The predicted octanol–water partition coefficient (Wildman–Crippen LogP) is 16.6. The van der Waals surface area contributed by atoms with Gasteiger partial charge in [-0.1, -0.05) is 213 Å². The Balaban J connectivity index is 0.00000553. The summed E-state index contributed by atoms with van der Waals surface area (Å²) in [6, 6.07) is 81.9. The van der Waals surface area contributed by atoms with E-state index in [0.717, 1.165) is 83.6 Å². The van der Waals surface area contributed by atoms with Crippen LogP contribution in [0.1, 0.15) is 26.3 Å². The number of fused-ring (bicyclic) bond motifs is 1. The Bertz CT molecular complexity index is 3580. The summed E-state index contributed by atoms with van der Waals surface area (Å²) in [4.78, 5) is 10.5. The molecule has 0 aliphatic carbocycles. The van der Waals surface area contributed by atoms with Crippen molar-refractivity contribution in [3.63, 3.8) is 0 Å². The van der Waals surface area contributed by atoms with Crippen molar-refractivity contribution in [1.29, 1.82) is 0 Å². The van der Waals surface area contributed by atoms with Gasteiger partial charge < -0.3 is 5.11 Å². The van der Waals surface area contributed by atoms with Crippen LogP contribution in [0.3, 0.4) is 0 Å². The summed E-state index contributed by atoms with van der Waals surface area (Å²) in [5.74, 6) is 0.791. The third-order valence-corrected chi connectivity index (χ3v) is 12.8. The van der Waals surface area contributed by atoms with Crippen LogP contribution in [0.2, 0.25) is 0 Å². The number of phenols is 1. The molecule has 4 nitrogen and oxygen atoms in total. The number of pyridine rings is 1. The number of aromatic hydroxyl groups is 1. The molecule has 0 atom stereocenters. The number of phenolic OH excluding ortho intramolecular Hbond substituents is 1. The Morgan fingerprint density at radius 1 is 0.435 bits per heavy atom. The third kappa shape index (κ3) is 8.88. The molecule has 0 fully saturated rings. The first-order valence-electron chi connectivity index (χ1n) is 23.1. The molecule has 5 heteroatoms. The van der Waals surface area contributed by atoms with E-state index in [-0.39, 0.29) is 32.2 Å². The van der Waals surface area contributed by atoms with Crippen LogP contribution in [0.4, 0.5) is 0 Å². The van der Waals surface area contributed by atoms with Crippen LogP contribution in [-0.2, 0) is 26.5 Å². The minimum atomic E-state index is -0.170. The third-order valence-electron chi connectivity index (χ3n) is 12.8. The fraction of sp³-hybridized carbons (Fsp3) is 0.0625. The number of hydrogen-bond donors (Lipinski definition) is 1. The Hall–Kier alpha value is -7.91. The fourth-order valence-electron chi connectivity index (χ4n) is 9.40. The number of nitrogens with zero attached hydrogens (tertiary/aromatic N) is 3. The van der Waals surface area contributed by atoms with Crippen LogP contribution in [0.15, 0.2) is 231 Å². The van der Waals surface area contributed by atoms with Gasteiger partial charge in [-0.25, -0.2) is 4.98 Å². The topological polar surface area (TPSA) is 50.9 Å². The number of aromatic nitrogens is 3. The summed E-state index contributed by atoms with van der Waals surface area (Å²) in [7, 11) is 0. The minimum Gasteiger partial charge on any atom is -0.507 e. The predicted molar refractivity (Wildman–Crippen MR) is 282 cm³/mol. The van der Waals surface area contributed by atoms with Crippen molar-refractivity contribution in [2.24, 2.45) is 0 Å². The Morgan fingerprint density at radius 3 is 1.58 bits per heavy atom. The molecule has 0 aliphatic heterocycles. The van der Waals surface area contributed by atoms with Crippen molar-refractivity contribution in [1.82, 2.24) is 14.5 Å². The Kier molecular flexibility index (Phi) is 12.4. The molecule has 69 heavy (non-hydrogen) atoms. The summed E-state index contributed by atoms with van der Waals surface area (Å²) in [6.45, 7) is 6.83. The first-order chi connectivity index (χ1) is 33.3. The van der Waals surface area contributed by atoms with Crippen LogP contribution in [0.25, 0.3) is 106 Å². The van der Waals surface area contributed by atoms with Crippen molar-refractivity contribution >= 4 is 11.0 Å². The van der Waals surface area contributed by atoms with Crippen LogP contribution in [-0.4, -0.2) is 19.6 Å². The SMILES string of the molecule is CC(C)(C)c1cc(-c2ccccc2)c(-n2c(-c3ccccc3O)nc3c(-c4[c-]c(-c5cc(-c6ccc(-c7ccccc7)cc6)ccn5)cc(-c5ccccc5)c4)cccc32)cc1-c1ccccc1.[Pt]. The maximum absolute atomic E-state index is 11.6. The first kappa shape index (κ1) is 44.9. The zero-order valence-corrected chi connectivity index (χ0v) is 40.8. The second-order valence-corrected chi connectivity index (χ2v) is 18.3. The van der Waals surface area contributed by atoms with Gasteiger partial charge in [0.15, 0.2) is 0 Å². The van der Waals surface area contributed by atoms with Crippen molar-refractivity contribution in [2.45, 2.75) is 26.2 Å². The van der Waals surface area contributed by atoms with Gasteiger partial charge in [-0.15, -0.1) is 23.8 Å². The minimum absolute atomic E-state index is 0. The molecule has 0 spiro atoms. The van der Waals surface area contributed by atoms with Crippen LogP contribution in [0.5, 0.6) is 5.75 Å². The summed E-state index contributed by atoms with van der Waals surface area (Å²) < 4.78 is 2.24. The summed E-state index contributed by atoms with van der Waals surface area (Å²) >= 11 is 0. The molecule has 11 aromatic rings. The molecule has 2 aromatic heterocycles. The molecule has 0 saturated carbocycles. The fourth-order valence-corrected chi connectivity index (χ4v) is 9.40. The Morgan fingerprint density at radius 2 is 0.957 bits per heavy atom. The van der Waals surface area contributed by atoms with Gasteiger partial charge in [-0.05, 0) is 91.9 Å². The van der Waals surface area contributed by atoms with Gasteiger partial charge in [0.05, 0.1) is 22.3 Å². The first-order valence-corrected chi connectivity index (χ1v) is 23.1. The molecule has 0 radical (unpaired) electrons. The standard InChI is InChI=1S/C64H48N3O.Pt/c1-64(2,3)57-41-56(48-25-14-7-15-26-48)60(42-55(57)47-23-12-6-13-24-47)67-59-29-18-28-53(62(59)66-63(67)54-27-16-17-30-61(54)68)51-37-50(44-21-10-5-11-22-44)38-52(39-51)58-40-49(35-36-65-58)46-33-31-45(32-34-46)43-19-8-4-9-20-43;/h4-38,40-42,68H,1-3H3;/q-1;. The molecule has 0 saturated heterocycles. The average molecular weight is 1070 g/mol. The molecule has 0 bridgehead atoms. The monoisotopic (exact) mass is 1070 g/mol. The van der Waals surface area contributed by atoms with Gasteiger partial charge >= 0.3 is 0 Å². The van der Waals surface area contributed by atoms with Gasteiger partial charge in [0.25, 0.3) is 0 Å². The van der Waals surface area contributed by atoms with E-state index in [1.54, 1.807) is 6.07 Å². The number of hydrogen-bond acceptors (Lipinski definition) is 3. The number of para-hydroxylation sites is 2. The summed E-state index contributed by atoms with van der Waals surface area (Å²) in [5, 5.41) is 11.6. The zero-order chi connectivity index (χ0) is 46.2. The van der Waals surface area contributed by atoms with Gasteiger partial charge in [0, 0.05) is 38.5 Å². The molecule has 0 aliphatic rings. The molecule has 11 rings (SSSR count). The quantitative estimate of drug-likeness (QED) is 0.147. The summed E-state index contributed by atoms with van der Waals surface area (Å²) in [6.07, 6.45) is 1.89. The number of rotatable bonds is 9. The molecule has 0 amide bonds. The van der Waals surface area contributed by atoms with Gasteiger partial charge in [-0.3, -0.25) is 9.55 Å². The largest absolute Gasteiger partial charge is 0.507 e. The van der Waals surface area contributed by atoms with Crippen molar-refractivity contribution in [3.8, 4) is 101 Å². The van der Waals surface area contributed by atoms with Crippen molar-refractivity contribution in [2.75, 3.05) is 0 Å². The number of imidazole rings is 1. The molecule has 336 valence electrons. The van der Waals surface area contributed by atoms with E-state index in [9.17, 15) is 5.11 Å². The maximum Gasteiger partial charge on any atom is 0.148 e. The molecule has 2 heterocycles. The van der Waals surface area contributed by atoms with Crippen molar-refractivity contribution in [3.05, 3.63) is 242 Å². The number of benzene rings is 9. The van der Waals surface area contributed by atoms with Crippen LogP contribution in [0, 0.1) is 6.07 Å². The molecule has 9 aromatic carbocycles. The van der Waals surface area contributed by atoms with E-state index in [1.165, 1.54) is 16.7 Å². The molecule has 1 N–H and O–H groups in total. The smallest absolute Gasteiger partial charge is 0.148 e. The Labute approximate surface area is 418 Å².